The van der Waals surface area contributed by atoms with E-state index in [-0.39, 0.29) is 5.78 Å². The maximum absolute atomic E-state index is 10.6. The Bertz CT molecular complexity index is 569. The lowest BCUT2D eigenvalue weighted by molar-refractivity contribution is -0.000626. The number of rotatable bonds is 2. The molecule has 0 bridgehead atoms. The average Bonchev–Trinajstić information content (AvgIpc) is 2.58. The van der Waals surface area contributed by atoms with E-state index < -0.39 is 5.60 Å². The normalized spacial score (nSPS) is 16.3. The third kappa shape index (κ3) is 4.54. The van der Waals surface area contributed by atoms with Crippen LogP contribution in [0.4, 0.5) is 0 Å². The van der Waals surface area contributed by atoms with Crippen LogP contribution in [-0.2, 0) is 5.60 Å². The van der Waals surface area contributed by atoms with Crippen LogP contribution in [0.1, 0.15) is 54.9 Å². The van der Waals surface area contributed by atoms with E-state index in [0.29, 0.717) is 0 Å². The van der Waals surface area contributed by atoms with Gasteiger partial charge in [0.1, 0.15) is 0 Å². The second-order valence-corrected chi connectivity index (χ2v) is 5.88. The van der Waals surface area contributed by atoms with Gasteiger partial charge in [-0.2, -0.15) is 0 Å². The van der Waals surface area contributed by atoms with Gasteiger partial charge in [-0.05, 0) is 25.3 Å². The standard InChI is InChI=1S/C12H16O.C8H8O/c13-12(9-5-2-6-10-12)11-7-3-1-4-8-11;1-7(9)8-5-3-2-4-6-8/h1,3-4,7-8,13H,2,5-6,9-10H2;2-6H,1H3. The van der Waals surface area contributed by atoms with Crippen molar-refractivity contribution in [1.82, 2.24) is 0 Å². The number of benzene rings is 2. The summed E-state index contributed by atoms with van der Waals surface area (Å²) in [4.78, 5) is 10.6. The molecule has 0 radical (unpaired) electrons. The number of ketones is 1. The Morgan fingerprint density at radius 2 is 1.36 bits per heavy atom. The predicted octanol–water partition coefficient (Wildman–Crippen LogP) is 4.73. The van der Waals surface area contributed by atoms with Crippen LogP contribution in [0.15, 0.2) is 60.7 Å². The van der Waals surface area contributed by atoms with Crippen LogP contribution in [0.5, 0.6) is 0 Å². The van der Waals surface area contributed by atoms with Crippen molar-refractivity contribution in [3.8, 4) is 0 Å². The molecule has 2 aromatic carbocycles. The molecule has 0 amide bonds. The highest BCUT2D eigenvalue weighted by Crippen LogP contribution is 2.36. The van der Waals surface area contributed by atoms with Gasteiger partial charge in [-0.25, -0.2) is 0 Å². The summed E-state index contributed by atoms with van der Waals surface area (Å²) in [5.41, 5.74) is 1.34. The van der Waals surface area contributed by atoms with Crippen LogP contribution < -0.4 is 0 Å². The van der Waals surface area contributed by atoms with E-state index in [2.05, 4.69) is 0 Å². The maximum atomic E-state index is 10.6. The zero-order valence-electron chi connectivity index (χ0n) is 13.2. The van der Waals surface area contributed by atoms with E-state index in [4.69, 9.17) is 0 Å². The molecular formula is C20H24O2. The Kier molecular flexibility index (Phi) is 5.91. The van der Waals surface area contributed by atoms with Crippen LogP contribution in [0.2, 0.25) is 0 Å². The van der Waals surface area contributed by atoms with Gasteiger partial charge in [0.2, 0.25) is 0 Å². The summed E-state index contributed by atoms with van der Waals surface area (Å²) in [6.07, 6.45) is 5.44. The lowest BCUT2D eigenvalue weighted by Crippen LogP contribution is -2.28. The van der Waals surface area contributed by atoms with E-state index in [9.17, 15) is 9.90 Å². The fourth-order valence-corrected chi connectivity index (χ4v) is 2.85. The number of carbonyl (C=O) groups excluding carboxylic acids is 1. The molecule has 2 nitrogen and oxygen atoms in total. The highest BCUT2D eigenvalue weighted by atomic mass is 16.3. The quantitative estimate of drug-likeness (QED) is 0.814. The van der Waals surface area contributed by atoms with E-state index in [0.717, 1.165) is 36.8 Å². The fraction of sp³-hybridized carbons (Fsp3) is 0.350. The lowest BCUT2D eigenvalue weighted by atomic mass is 9.80. The molecule has 1 fully saturated rings. The van der Waals surface area contributed by atoms with Gasteiger partial charge in [-0.1, -0.05) is 79.9 Å². The lowest BCUT2D eigenvalue weighted by Gasteiger charge is -2.32. The molecule has 0 atom stereocenters. The first-order valence-electron chi connectivity index (χ1n) is 7.96. The highest BCUT2D eigenvalue weighted by Gasteiger charge is 2.30. The molecule has 1 aliphatic rings. The topological polar surface area (TPSA) is 37.3 Å². The molecule has 1 N–H and O–H groups in total. The van der Waals surface area contributed by atoms with E-state index in [1.165, 1.54) is 6.42 Å². The van der Waals surface area contributed by atoms with Crippen molar-refractivity contribution in [2.45, 2.75) is 44.6 Å². The third-order valence-corrected chi connectivity index (χ3v) is 4.17. The van der Waals surface area contributed by atoms with Crippen molar-refractivity contribution < 1.29 is 9.90 Å². The van der Waals surface area contributed by atoms with Crippen LogP contribution in [0, 0.1) is 0 Å². The predicted molar refractivity (Wildman–Crippen MR) is 89.9 cm³/mol. The molecule has 1 saturated carbocycles. The fourth-order valence-electron chi connectivity index (χ4n) is 2.85. The molecule has 0 aromatic heterocycles. The number of hydrogen-bond acceptors (Lipinski definition) is 2. The van der Waals surface area contributed by atoms with Crippen molar-refractivity contribution in [3.63, 3.8) is 0 Å². The molecule has 116 valence electrons. The summed E-state index contributed by atoms with van der Waals surface area (Å²) >= 11 is 0. The molecule has 0 spiro atoms. The van der Waals surface area contributed by atoms with Crippen molar-refractivity contribution in [1.29, 1.82) is 0 Å². The summed E-state index contributed by atoms with van der Waals surface area (Å²) in [5, 5.41) is 10.3. The van der Waals surface area contributed by atoms with Gasteiger partial charge in [0.25, 0.3) is 0 Å². The number of carbonyl (C=O) groups is 1. The van der Waals surface area contributed by atoms with Crippen molar-refractivity contribution in [2.75, 3.05) is 0 Å². The largest absolute Gasteiger partial charge is 0.385 e. The van der Waals surface area contributed by atoms with E-state index in [1.54, 1.807) is 6.92 Å². The Morgan fingerprint density at radius 3 is 1.82 bits per heavy atom. The monoisotopic (exact) mass is 296 g/mol. The summed E-state index contributed by atoms with van der Waals surface area (Å²) < 4.78 is 0. The number of Topliss-reactive ketones (excluding diaryl/α,β-unsaturated/α-hetero) is 1. The van der Waals surface area contributed by atoms with Crippen molar-refractivity contribution >= 4 is 5.78 Å². The first-order chi connectivity index (χ1) is 10.6. The molecule has 0 aliphatic heterocycles. The smallest absolute Gasteiger partial charge is 0.159 e. The Labute approximate surface area is 132 Å². The zero-order chi connectivity index (χ0) is 15.8. The molecule has 22 heavy (non-hydrogen) atoms. The minimum Gasteiger partial charge on any atom is -0.385 e. The molecule has 0 saturated heterocycles. The summed E-state index contributed by atoms with van der Waals surface area (Å²) in [6, 6.07) is 19.3. The molecule has 2 aromatic rings. The minimum atomic E-state index is -0.528. The molecule has 0 unspecified atom stereocenters. The maximum Gasteiger partial charge on any atom is 0.159 e. The Morgan fingerprint density at radius 1 is 0.864 bits per heavy atom. The SMILES string of the molecule is CC(=O)c1ccccc1.OC1(c2ccccc2)CCCCC1. The summed E-state index contributed by atoms with van der Waals surface area (Å²) in [5.74, 6) is 0.121. The zero-order valence-corrected chi connectivity index (χ0v) is 13.2. The van der Waals surface area contributed by atoms with Crippen molar-refractivity contribution in [3.05, 3.63) is 71.8 Å². The van der Waals surface area contributed by atoms with Gasteiger partial charge in [-0.3, -0.25) is 4.79 Å². The summed E-state index contributed by atoms with van der Waals surface area (Å²) in [7, 11) is 0. The average molecular weight is 296 g/mol. The number of aliphatic hydroxyl groups is 1. The van der Waals surface area contributed by atoms with Gasteiger partial charge in [-0.15, -0.1) is 0 Å². The summed E-state index contributed by atoms with van der Waals surface area (Å²) in [6.45, 7) is 1.56. The van der Waals surface area contributed by atoms with Gasteiger partial charge < -0.3 is 5.11 Å². The first kappa shape index (κ1) is 16.4. The third-order valence-electron chi connectivity index (χ3n) is 4.17. The molecule has 0 heterocycles. The second kappa shape index (κ2) is 7.90. The Balaban J connectivity index is 0.000000172. The van der Waals surface area contributed by atoms with Crippen molar-refractivity contribution in [2.24, 2.45) is 0 Å². The van der Waals surface area contributed by atoms with Gasteiger partial charge in [0.15, 0.2) is 5.78 Å². The molecule has 2 heteroatoms. The second-order valence-electron chi connectivity index (χ2n) is 5.88. The Hall–Kier alpha value is -1.93. The van der Waals surface area contributed by atoms with Gasteiger partial charge >= 0.3 is 0 Å². The van der Waals surface area contributed by atoms with E-state index >= 15 is 0 Å². The van der Waals surface area contributed by atoms with Crippen LogP contribution in [-0.4, -0.2) is 10.9 Å². The van der Waals surface area contributed by atoms with Gasteiger partial charge in [0.05, 0.1) is 5.60 Å². The number of hydrogen-bond donors (Lipinski definition) is 1. The van der Waals surface area contributed by atoms with Gasteiger partial charge in [0, 0.05) is 5.56 Å². The van der Waals surface area contributed by atoms with Crippen LogP contribution in [0.3, 0.4) is 0 Å². The highest BCUT2D eigenvalue weighted by molar-refractivity contribution is 5.93. The molecular weight excluding hydrogens is 272 g/mol. The molecule has 1 aliphatic carbocycles. The molecule has 3 rings (SSSR count). The first-order valence-corrected chi connectivity index (χ1v) is 7.96. The minimum absolute atomic E-state index is 0.121. The van der Waals surface area contributed by atoms with Crippen LogP contribution >= 0.6 is 0 Å². The van der Waals surface area contributed by atoms with E-state index in [1.807, 2.05) is 60.7 Å². The van der Waals surface area contributed by atoms with Crippen LogP contribution in [0.25, 0.3) is 0 Å².